The fraction of sp³-hybridized carbons (Fsp3) is 0.227. The van der Waals surface area contributed by atoms with Gasteiger partial charge >= 0.3 is 0 Å². The first-order valence-corrected chi connectivity index (χ1v) is 10.8. The van der Waals surface area contributed by atoms with Crippen LogP contribution in [-0.2, 0) is 16.6 Å². The molecule has 0 unspecified atom stereocenters. The lowest BCUT2D eigenvalue weighted by molar-refractivity contribution is 0.181. The summed E-state index contributed by atoms with van der Waals surface area (Å²) in [6.07, 6.45) is 3.57. The molecule has 1 aromatic heterocycles. The van der Waals surface area contributed by atoms with Gasteiger partial charge in [0.25, 0.3) is 0 Å². The molecular formula is C22H23N3O2S. The van der Waals surface area contributed by atoms with E-state index in [4.69, 9.17) is 0 Å². The Labute approximate surface area is 166 Å². The van der Waals surface area contributed by atoms with Gasteiger partial charge in [-0.1, -0.05) is 42.5 Å². The summed E-state index contributed by atoms with van der Waals surface area (Å²) in [4.78, 5) is 6.67. The van der Waals surface area contributed by atoms with Crippen molar-refractivity contribution in [3.8, 4) is 11.1 Å². The van der Waals surface area contributed by atoms with Crippen molar-refractivity contribution in [1.29, 1.82) is 0 Å². The third-order valence-corrected chi connectivity index (χ3v) is 7.00. The van der Waals surface area contributed by atoms with Crippen LogP contribution in [0.5, 0.6) is 0 Å². The summed E-state index contributed by atoms with van der Waals surface area (Å²) in [7, 11) is -3.46. The van der Waals surface area contributed by atoms with E-state index in [0.717, 1.165) is 30.8 Å². The van der Waals surface area contributed by atoms with Gasteiger partial charge in [-0.05, 0) is 41.0 Å². The van der Waals surface area contributed by atoms with Crippen molar-refractivity contribution < 1.29 is 8.42 Å². The molecule has 6 heteroatoms. The zero-order valence-corrected chi connectivity index (χ0v) is 16.4. The summed E-state index contributed by atoms with van der Waals surface area (Å²) in [5, 5.41) is 0. The number of benzene rings is 2. The fourth-order valence-electron chi connectivity index (χ4n) is 3.47. The molecule has 1 saturated heterocycles. The largest absolute Gasteiger partial charge is 0.296 e. The Morgan fingerprint density at radius 2 is 1.36 bits per heavy atom. The second kappa shape index (κ2) is 8.22. The average Bonchev–Trinajstić information content (AvgIpc) is 2.76. The van der Waals surface area contributed by atoms with Gasteiger partial charge in [-0.3, -0.25) is 9.88 Å². The maximum Gasteiger partial charge on any atom is 0.243 e. The Hall–Kier alpha value is -2.54. The third-order valence-electron chi connectivity index (χ3n) is 5.09. The van der Waals surface area contributed by atoms with Crippen molar-refractivity contribution >= 4 is 10.0 Å². The van der Waals surface area contributed by atoms with Gasteiger partial charge in [0.15, 0.2) is 0 Å². The Morgan fingerprint density at radius 3 is 2.00 bits per heavy atom. The minimum absolute atomic E-state index is 0.356. The van der Waals surface area contributed by atoms with Crippen molar-refractivity contribution in [3.05, 3.63) is 84.7 Å². The van der Waals surface area contributed by atoms with E-state index in [1.165, 1.54) is 5.56 Å². The predicted molar refractivity (Wildman–Crippen MR) is 110 cm³/mol. The molecule has 0 aliphatic carbocycles. The minimum Gasteiger partial charge on any atom is -0.296 e. The number of nitrogens with zero attached hydrogens (tertiary/aromatic N) is 3. The van der Waals surface area contributed by atoms with E-state index in [2.05, 4.69) is 9.88 Å². The van der Waals surface area contributed by atoms with Crippen LogP contribution in [0.3, 0.4) is 0 Å². The van der Waals surface area contributed by atoms with E-state index in [1.807, 2.05) is 54.6 Å². The maximum absolute atomic E-state index is 13.0. The number of hydrogen-bond donors (Lipinski definition) is 0. The Morgan fingerprint density at radius 1 is 0.750 bits per heavy atom. The molecular weight excluding hydrogens is 370 g/mol. The highest BCUT2D eigenvalue weighted by Crippen LogP contribution is 2.23. The molecule has 4 rings (SSSR count). The highest BCUT2D eigenvalue weighted by atomic mass is 32.2. The van der Waals surface area contributed by atoms with Crippen molar-refractivity contribution in [2.75, 3.05) is 26.2 Å². The Balaban J connectivity index is 1.41. The molecule has 1 aliphatic heterocycles. The number of rotatable bonds is 5. The Kier molecular flexibility index (Phi) is 5.52. The first kappa shape index (κ1) is 18.8. The van der Waals surface area contributed by atoms with Gasteiger partial charge < -0.3 is 0 Å². The molecule has 28 heavy (non-hydrogen) atoms. The molecule has 2 heterocycles. The highest BCUT2D eigenvalue weighted by Gasteiger charge is 2.28. The van der Waals surface area contributed by atoms with Crippen LogP contribution in [0, 0.1) is 0 Å². The molecule has 2 aromatic carbocycles. The number of hydrogen-bond acceptors (Lipinski definition) is 4. The van der Waals surface area contributed by atoms with Gasteiger partial charge in [0.1, 0.15) is 0 Å². The number of piperazine rings is 1. The third kappa shape index (κ3) is 4.14. The lowest BCUT2D eigenvalue weighted by atomic mass is 10.1. The maximum atomic E-state index is 13.0. The van der Waals surface area contributed by atoms with E-state index < -0.39 is 10.0 Å². The van der Waals surface area contributed by atoms with Crippen LogP contribution in [0.1, 0.15) is 5.56 Å². The number of aromatic nitrogens is 1. The van der Waals surface area contributed by atoms with Gasteiger partial charge in [-0.25, -0.2) is 8.42 Å². The first-order valence-electron chi connectivity index (χ1n) is 9.40. The lowest BCUT2D eigenvalue weighted by Gasteiger charge is -2.34. The average molecular weight is 394 g/mol. The monoisotopic (exact) mass is 393 g/mol. The second-order valence-corrected chi connectivity index (χ2v) is 8.86. The van der Waals surface area contributed by atoms with Gasteiger partial charge in [-0.2, -0.15) is 4.31 Å². The minimum atomic E-state index is -3.46. The van der Waals surface area contributed by atoms with Gasteiger partial charge in [0.05, 0.1) is 4.90 Å². The summed E-state index contributed by atoms with van der Waals surface area (Å²) in [6.45, 7) is 3.29. The molecule has 3 aromatic rings. The second-order valence-electron chi connectivity index (χ2n) is 6.93. The van der Waals surface area contributed by atoms with Crippen molar-refractivity contribution in [1.82, 2.24) is 14.2 Å². The van der Waals surface area contributed by atoms with Crippen LogP contribution in [0.2, 0.25) is 0 Å². The van der Waals surface area contributed by atoms with Gasteiger partial charge in [0, 0.05) is 45.1 Å². The SMILES string of the molecule is O=S(=O)(c1ccc(-c2ccccc2)cc1)N1CCN(Cc2ccncc2)CC1. The van der Waals surface area contributed by atoms with Gasteiger partial charge in [-0.15, -0.1) is 0 Å². The topological polar surface area (TPSA) is 53.5 Å². The van der Waals surface area contributed by atoms with Crippen molar-refractivity contribution in [2.45, 2.75) is 11.4 Å². The molecule has 0 spiro atoms. The molecule has 0 N–H and O–H groups in total. The molecule has 1 aliphatic rings. The van der Waals surface area contributed by atoms with E-state index in [-0.39, 0.29) is 0 Å². The molecule has 0 atom stereocenters. The van der Waals surface area contributed by atoms with Crippen LogP contribution >= 0.6 is 0 Å². The summed E-state index contributed by atoms with van der Waals surface area (Å²) < 4.78 is 27.6. The highest BCUT2D eigenvalue weighted by molar-refractivity contribution is 7.89. The Bertz CT molecular complexity index is 999. The van der Waals surface area contributed by atoms with Crippen molar-refractivity contribution in [2.24, 2.45) is 0 Å². The molecule has 1 fully saturated rings. The van der Waals surface area contributed by atoms with E-state index in [1.54, 1.807) is 28.8 Å². The molecule has 144 valence electrons. The predicted octanol–water partition coefficient (Wildman–Crippen LogP) is 3.26. The van der Waals surface area contributed by atoms with Crippen LogP contribution in [-0.4, -0.2) is 48.8 Å². The van der Waals surface area contributed by atoms with Crippen LogP contribution < -0.4 is 0 Å². The lowest BCUT2D eigenvalue weighted by Crippen LogP contribution is -2.48. The zero-order chi connectivity index (χ0) is 19.4. The normalized spacial score (nSPS) is 16.1. The number of pyridine rings is 1. The van der Waals surface area contributed by atoms with Crippen LogP contribution in [0.25, 0.3) is 11.1 Å². The molecule has 0 amide bonds. The standard InChI is InChI=1S/C22H23N3O2S/c26-28(27,22-8-6-21(7-9-22)20-4-2-1-3-5-20)25-16-14-24(15-17-25)18-19-10-12-23-13-11-19/h1-13H,14-18H2. The smallest absolute Gasteiger partial charge is 0.243 e. The van der Waals surface area contributed by atoms with E-state index in [0.29, 0.717) is 18.0 Å². The summed E-state index contributed by atoms with van der Waals surface area (Å²) >= 11 is 0. The van der Waals surface area contributed by atoms with Crippen LogP contribution in [0.4, 0.5) is 0 Å². The van der Waals surface area contributed by atoms with E-state index >= 15 is 0 Å². The molecule has 5 nitrogen and oxygen atoms in total. The number of sulfonamides is 1. The molecule has 0 bridgehead atoms. The molecule has 0 saturated carbocycles. The first-order chi connectivity index (χ1) is 13.6. The summed E-state index contributed by atoms with van der Waals surface area (Å²) in [6, 6.07) is 21.1. The summed E-state index contributed by atoms with van der Waals surface area (Å²) in [5.74, 6) is 0. The zero-order valence-electron chi connectivity index (χ0n) is 15.6. The quantitative estimate of drug-likeness (QED) is 0.668. The van der Waals surface area contributed by atoms with Gasteiger partial charge in [0.2, 0.25) is 10.0 Å². The summed E-state index contributed by atoms with van der Waals surface area (Å²) in [5.41, 5.74) is 3.29. The molecule has 0 radical (unpaired) electrons. The van der Waals surface area contributed by atoms with Crippen molar-refractivity contribution in [3.63, 3.8) is 0 Å². The fourth-order valence-corrected chi connectivity index (χ4v) is 4.90. The van der Waals surface area contributed by atoms with Crippen LogP contribution in [0.15, 0.2) is 84.0 Å². The van der Waals surface area contributed by atoms with E-state index in [9.17, 15) is 8.42 Å².